The van der Waals surface area contributed by atoms with Crippen molar-refractivity contribution in [1.29, 1.82) is 0 Å². The Balaban J connectivity index is 3.02. The summed E-state index contributed by atoms with van der Waals surface area (Å²) in [4.78, 5) is 36.2. The second-order valence-corrected chi connectivity index (χ2v) is 8.85. The van der Waals surface area contributed by atoms with Gasteiger partial charge in [0.1, 0.15) is 10.6 Å². The van der Waals surface area contributed by atoms with E-state index in [9.17, 15) is 36.0 Å². The van der Waals surface area contributed by atoms with Crippen LogP contribution in [0, 0.1) is 5.82 Å². The van der Waals surface area contributed by atoms with Gasteiger partial charge in [-0.3, -0.25) is 9.59 Å². The van der Waals surface area contributed by atoms with Crippen molar-refractivity contribution in [1.82, 2.24) is 13.9 Å². The standard InChI is InChI=1S/C16H15ClF4N4O5S/c1-6(2)24(3)31(29,30)13-11(17)7(14(22)27)4-8(12(13)18)25-10(26)5-9(16(19,20)21)23-15(25)28/h4-6H,1-3H3,(H2,22,27)(H,23,28). The van der Waals surface area contributed by atoms with Gasteiger partial charge in [-0.25, -0.2) is 22.2 Å². The van der Waals surface area contributed by atoms with Crippen LogP contribution >= 0.6 is 11.6 Å². The van der Waals surface area contributed by atoms with Crippen LogP contribution in [-0.2, 0) is 16.2 Å². The van der Waals surface area contributed by atoms with Crippen LogP contribution in [0.2, 0.25) is 5.02 Å². The van der Waals surface area contributed by atoms with Crippen molar-refractivity contribution in [2.75, 3.05) is 7.05 Å². The number of sulfonamides is 1. The number of carbonyl (C=O) groups excluding carboxylic acids is 1. The monoisotopic (exact) mass is 486 g/mol. The van der Waals surface area contributed by atoms with Crippen molar-refractivity contribution in [3.05, 3.63) is 55.1 Å². The van der Waals surface area contributed by atoms with E-state index in [-0.39, 0.29) is 10.6 Å². The molecule has 15 heteroatoms. The zero-order valence-electron chi connectivity index (χ0n) is 16.0. The second kappa shape index (κ2) is 8.09. The van der Waals surface area contributed by atoms with E-state index in [4.69, 9.17) is 17.3 Å². The quantitative estimate of drug-likeness (QED) is 0.617. The van der Waals surface area contributed by atoms with E-state index in [1.54, 1.807) is 0 Å². The Morgan fingerprint density at radius 3 is 2.23 bits per heavy atom. The average Bonchev–Trinajstić information content (AvgIpc) is 2.60. The van der Waals surface area contributed by atoms with Crippen LogP contribution in [0.25, 0.3) is 5.69 Å². The summed E-state index contributed by atoms with van der Waals surface area (Å²) in [7, 11) is -3.66. The van der Waals surface area contributed by atoms with Crippen LogP contribution in [0.3, 0.4) is 0 Å². The first-order valence-electron chi connectivity index (χ1n) is 8.25. The molecule has 3 N–H and O–H groups in total. The van der Waals surface area contributed by atoms with Gasteiger partial charge < -0.3 is 10.7 Å². The molecule has 0 saturated heterocycles. The molecule has 0 saturated carbocycles. The Labute approximate surface area is 177 Å². The van der Waals surface area contributed by atoms with Gasteiger partial charge in [-0.2, -0.15) is 17.5 Å². The van der Waals surface area contributed by atoms with Crippen molar-refractivity contribution in [3.8, 4) is 5.69 Å². The number of aromatic amines is 1. The van der Waals surface area contributed by atoms with Gasteiger partial charge in [-0.1, -0.05) is 11.6 Å². The van der Waals surface area contributed by atoms with E-state index in [2.05, 4.69) is 0 Å². The third-order valence-corrected chi connectivity index (χ3v) is 6.83. The van der Waals surface area contributed by atoms with Crippen LogP contribution in [0.5, 0.6) is 0 Å². The fraction of sp³-hybridized carbons (Fsp3) is 0.312. The molecule has 0 bridgehead atoms. The highest BCUT2D eigenvalue weighted by Crippen LogP contribution is 2.34. The van der Waals surface area contributed by atoms with E-state index < -0.39 is 72.1 Å². The lowest BCUT2D eigenvalue weighted by Gasteiger charge is -2.23. The molecular weight excluding hydrogens is 472 g/mol. The number of primary amides is 1. The van der Waals surface area contributed by atoms with E-state index in [1.807, 2.05) is 0 Å². The van der Waals surface area contributed by atoms with E-state index >= 15 is 4.39 Å². The Hall–Kier alpha value is -2.71. The molecule has 0 spiro atoms. The van der Waals surface area contributed by atoms with E-state index in [1.165, 1.54) is 18.8 Å². The lowest BCUT2D eigenvalue weighted by atomic mass is 10.1. The van der Waals surface area contributed by atoms with Crippen LogP contribution in [-0.4, -0.2) is 41.3 Å². The third kappa shape index (κ3) is 4.36. The molecule has 0 radical (unpaired) electrons. The highest BCUT2D eigenvalue weighted by Gasteiger charge is 2.36. The number of amides is 1. The normalized spacial score (nSPS) is 12.6. The van der Waals surface area contributed by atoms with E-state index in [0.717, 1.165) is 7.05 Å². The first kappa shape index (κ1) is 24.6. The highest BCUT2D eigenvalue weighted by atomic mass is 35.5. The SMILES string of the molecule is CC(C)N(C)S(=O)(=O)c1c(F)c(-n2c(=O)cc(C(F)(F)F)[nH]c2=O)cc(C(N)=O)c1Cl. The molecule has 0 aliphatic carbocycles. The number of H-pyrrole nitrogens is 1. The first-order valence-corrected chi connectivity index (χ1v) is 10.1. The Morgan fingerprint density at radius 1 is 1.26 bits per heavy atom. The number of rotatable bonds is 5. The molecule has 31 heavy (non-hydrogen) atoms. The number of aromatic nitrogens is 2. The van der Waals surface area contributed by atoms with Gasteiger partial charge in [-0.05, 0) is 19.9 Å². The topological polar surface area (TPSA) is 135 Å². The zero-order valence-corrected chi connectivity index (χ0v) is 17.6. The minimum absolute atomic E-state index is 0.0339. The molecule has 0 unspecified atom stereocenters. The van der Waals surface area contributed by atoms with E-state index in [0.29, 0.717) is 10.4 Å². The molecule has 0 aliphatic heterocycles. The highest BCUT2D eigenvalue weighted by molar-refractivity contribution is 7.89. The fourth-order valence-electron chi connectivity index (χ4n) is 2.46. The van der Waals surface area contributed by atoms with Crippen LogP contribution in [0.4, 0.5) is 17.6 Å². The molecule has 170 valence electrons. The van der Waals surface area contributed by atoms with Gasteiger partial charge in [0.2, 0.25) is 15.9 Å². The Morgan fingerprint density at radius 2 is 1.81 bits per heavy atom. The predicted molar refractivity (Wildman–Crippen MR) is 101 cm³/mol. The third-order valence-electron chi connectivity index (χ3n) is 4.25. The number of alkyl halides is 3. The Bertz CT molecular complexity index is 1250. The number of carbonyl (C=O) groups is 1. The van der Waals surface area contributed by atoms with Gasteiger partial charge in [0.15, 0.2) is 5.82 Å². The maximum Gasteiger partial charge on any atom is 0.431 e. The molecule has 0 fully saturated rings. The van der Waals surface area contributed by atoms with Crippen molar-refractivity contribution in [3.63, 3.8) is 0 Å². The molecule has 0 atom stereocenters. The summed E-state index contributed by atoms with van der Waals surface area (Å²) < 4.78 is 80.0. The minimum Gasteiger partial charge on any atom is -0.366 e. The molecule has 1 aromatic heterocycles. The summed E-state index contributed by atoms with van der Waals surface area (Å²) in [5, 5.41) is -0.919. The van der Waals surface area contributed by atoms with Crippen molar-refractivity contribution in [2.24, 2.45) is 5.73 Å². The van der Waals surface area contributed by atoms with Gasteiger partial charge in [0, 0.05) is 19.2 Å². The molecule has 1 heterocycles. The van der Waals surface area contributed by atoms with Crippen molar-refractivity contribution < 1.29 is 30.8 Å². The Kier molecular flexibility index (Phi) is 6.41. The molecular formula is C16H15ClF4N4O5S. The summed E-state index contributed by atoms with van der Waals surface area (Å²) >= 11 is 5.90. The second-order valence-electron chi connectivity index (χ2n) is 6.54. The zero-order chi connectivity index (χ0) is 24.0. The molecule has 0 aliphatic rings. The lowest BCUT2D eigenvalue weighted by Crippen LogP contribution is -2.38. The number of hydrogen-bond acceptors (Lipinski definition) is 5. The predicted octanol–water partition coefficient (Wildman–Crippen LogP) is 1.46. The van der Waals surface area contributed by atoms with Gasteiger partial charge >= 0.3 is 11.9 Å². The summed E-state index contributed by atoms with van der Waals surface area (Å²) in [6.45, 7) is 2.88. The van der Waals surface area contributed by atoms with Gasteiger partial charge in [0.25, 0.3) is 5.56 Å². The van der Waals surface area contributed by atoms with Crippen molar-refractivity contribution >= 4 is 27.5 Å². The fourth-order valence-corrected chi connectivity index (χ4v) is 4.50. The molecule has 2 rings (SSSR count). The molecule has 1 aromatic carbocycles. The maximum atomic E-state index is 15.3. The summed E-state index contributed by atoms with van der Waals surface area (Å²) in [5.41, 5.74) is -1.86. The number of benzene rings is 1. The van der Waals surface area contributed by atoms with Crippen LogP contribution < -0.4 is 17.0 Å². The van der Waals surface area contributed by atoms with Gasteiger partial charge in [0.05, 0.1) is 16.3 Å². The van der Waals surface area contributed by atoms with Gasteiger partial charge in [-0.15, -0.1) is 0 Å². The summed E-state index contributed by atoms with van der Waals surface area (Å²) in [6, 6.07) is -0.245. The number of nitrogens with zero attached hydrogens (tertiary/aromatic N) is 2. The number of nitrogens with one attached hydrogen (secondary N) is 1. The first-order chi connectivity index (χ1) is 14.0. The smallest absolute Gasteiger partial charge is 0.366 e. The average molecular weight is 487 g/mol. The number of nitrogens with two attached hydrogens (primary N) is 1. The number of hydrogen-bond donors (Lipinski definition) is 2. The number of halogens is 5. The van der Waals surface area contributed by atoms with Crippen LogP contribution in [0.15, 0.2) is 26.6 Å². The minimum atomic E-state index is -5.09. The molecule has 2 aromatic rings. The van der Waals surface area contributed by atoms with Crippen molar-refractivity contribution in [2.45, 2.75) is 31.0 Å². The maximum absolute atomic E-state index is 15.3. The molecule has 9 nitrogen and oxygen atoms in total. The summed E-state index contributed by atoms with van der Waals surface area (Å²) in [5.74, 6) is -3.08. The largest absolute Gasteiger partial charge is 0.431 e. The van der Waals surface area contributed by atoms with Crippen LogP contribution in [0.1, 0.15) is 29.9 Å². The lowest BCUT2D eigenvalue weighted by molar-refractivity contribution is -0.141. The summed E-state index contributed by atoms with van der Waals surface area (Å²) in [6.07, 6.45) is -5.09. The molecule has 1 amide bonds.